The van der Waals surface area contributed by atoms with E-state index in [0.717, 1.165) is 10.6 Å². The van der Waals surface area contributed by atoms with E-state index in [1.807, 2.05) is 24.3 Å². The Hall–Kier alpha value is -1.77. The number of nitrogens with zero attached hydrogens (tertiary/aromatic N) is 2. The summed E-state index contributed by atoms with van der Waals surface area (Å²) in [7, 11) is 0. The number of benzene rings is 1. The van der Waals surface area contributed by atoms with Gasteiger partial charge in [0.05, 0.1) is 5.36 Å². The quantitative estimate of drug-likeness (QED) is 0.529. The Morgan fingerprint density at radius 2 is 2.08 bits per heavy atom. The van der Waals surface area contributed by atoms with E-state index in [2.05, 4.69) is 9.98 Å². The zero-order chi connectivity index (χ0) is 9.10. The smallest absolute Gasteiger partial charge is 0.267 e. The van der Waals surface area contributed by atoms with Gasteiger partial charge in [-0.2, -0.15) is 0 Å². The topological polar surface area (TPSA) is 41.8 Å². The molecule has 0 fully saturated rings. The zero-order valence-electron chi connectivity index (χ0n) is 6.97. The van der Waals surface area contributed by atoms with Gasteiger partial charge in [-0.25, -0.2) is 4.99 Å². The van der Waals surface area contributed by atoms with Crippen LogP contribution < -0.4 is 10.6 Å². The lowest BCUT2D eigenvalue weighted by atomic mass is 10.2. The first-order valence-electron chi connectivity index (χ1n) is 4.03. The molecule has 0 aliphatic carbocycles. The zero-order valence-corrected chi connectivity index (χ0v) is 6.97. The van der Waals surface area contributed by atoms with Crippen molar-refractivity contribution < 1.29 is 4.79 Å². The standard InChI is InChI=1S/C10H8N2O/c13-10-7-12-9-4-2-1-3-8(9)5-6-11-10/h1-6H,7H2/b8-5-,11-6?,12-9?. The number of hydrogen-bond acceptors (Lipinski definition) is 2. The fraction of sp³-hybridized carbons (Fsp3) is 0.100. The summed E-state index contributed by atoms with van der Waals surface area (Å²) >= 11 is 0. The van der Waals surface area contributed by atoms with E-state index in [1.54, 1.807) is 6.08 Å². The molecule has 3 heteroatoms. The van der Waals surface area contributed by atoms with Crippen molar-refractivity contribution >= 4 is 18.2 Å². The normalized spacial score (nSPS) is 17.5. The van der Waals surface area contributed by atoms with Gasteiger partial charge in [0.1, 0.15) is 6.54 Å². The van der Waals surface area contributed by atoms with Crippen LogP contribution in [0, 0.1) is 0 Å². The number of amides is 1. The molecule has 1 aromatic carbocycles. The largest absolute Gasteiger partial charge is 0.275 e. The van der Waals surface area contributed by atoms with E-state index in [4.69, 9.17) is 0 Å². The maximum Gasteiger partial charge on any atom is 0.267 e. The second-order valence-corrected chi connectivity index (χ2v) is 2.71. The molecular formula is C10H8N2O. The van der Waals surface area contributed by atoms with Gasteiger partial charge in [-0.15, -0.1) is 0 Å². The lowest BCUT2D eigenvalue weighted by Crippen LogP contribution is -2.26. The van der Waals surface area contributed by atoms with Crippen LogP contribution in [0.5, 0.6) is 0 Å². The molecule has 3 nitrogen and oxygen atoms in total. The van der Waals surface area contributed by atoms with E-state index in [0.29, 0.717) is 0 Å². The van der Waals surface area contributed by atoms with E-state index in [1.165, 1.54) is 6.21 Å². The van der Waals surface area contributed by atoms with Gasteiger partial charge in [0.2, 0.25) is 0 Å². The van der Waals surface area contributed by atoms with Crippen LogP contribution in [0.2, 0.25) is 0 Å². The van der Waals surface area contributed by atoms with Crippen molar-refractivity contribution in [1.29, 1.82) is 0 Å². The predicted molar refractivity (Wildman–Crippen MR) is 50.1 cm³/mol. The molecule has 1 aliphatic heterocycles. The Labute approximate surface area is 75.1 Å². The van der Waals surface area contributed by atoms with Gasteiger partial charge >= 0.3 is 0 Å². The fourth-order valence-electron chi connectivity index (χ4n) is 1.17. The van der Waals surface area contributed by atoms with Gasteiger partial charge in [0.25, 0.3) is 5.91 Å². The summed E-state index contributed by atoms with van der Waals surface area (Å²) in [4.78, 5) is 18.7. The Morgan fingerprint density at radius 1 is 1.23 bits per heavy atom. The highest BCUT2D eigenvalue weighted by molar-refractivity contribution is 5.99. The highest BCUT2D eigenvalue weighted by Gasteiger charge is 1.96. The second-order valence-electron chi connectivity index (χ2n) is 2.71. The van der Waals surface area contributed by atoms with Crippen LogP contribution in [0.3, 0.4) is 0 Å². The summed E-state index contributed by atoms with van der Waals surface area (Å²) in [5, 5.41) is 1.85. The summed E-state index contributed by atoms with van der Waals surface area (Å²) in [6.45, 7) is 0.140. The summed E-state index contributed by atoms with van der Waals surface area (Å²) in [5.74, 6) is -0.203. The molecule has 0 spiro atoms. The molecule has 0 radical (unpaired) electrons. The molecule has 13 heavy (non-hydrogen) atoms. The third-order valence-electron chi connectivity index (χ3n) is 1.79. The average molecular weight is 172 g/mol. The predicted octanol–water partition coefficient (Wildman–Crippen LogP) is -0.302. The van der Waals surface area contributed by atoms with Gasteiger partial charge in [0, 0.05) is 11.4 Å². The van der Waals surface area contributed by atoms with Crippen LogP contribution in [0.25, 0.3) is 6.08 Å². The molecule has 0 aromatic heterocycles. The van der Waals surface area contributed by atoms with Crippen LogP contribution in [-0.4, -0.2) is 18.7 Å². The highest BCUT2D eigenvalue weighted by Crippen LogP contribution is 1.80. The molecule has 1 aromatic rings. The molecule has 0 bridgehead atoms. The first-order chi connectivity index (χ1) is 6.36. The maximum absolute atomic E-state index is 10.9. The minimum absolute atomic E-state index is 0.140. The van der Waals surface area contributed by atoms with Crippen molar-refractivity contribution in [3.63, 3.8) is 0 Å². The lowest BCUT2D eigenvalue weighted by Gasteiger charge is -1.93. The third-order valence-corrected chi connectivity index (χ3v) is 1.79. The van der Waals surface area contributed by atoms with Gasteiger partial charge in [-0.3, -0.25) is 9.79 Å². The van der Waals surface area contributed by atoms with Crippen LogP contribution in [0.4, 0.5) is 0 Å². The molecule has 0 atom stereocenters. The SMILES string of the molecule is O=C1CN=c2cccc/c2=C/C=N1. The number of aliphatic imine (C=N–C) groups is 1. The summed E-state index contributed by atoms with van der Waals surface area (Å²) in [5.41, 5.74) is 0. The number of carbonyl (C=O) groups is 1. The molecule has 0 N–H and O–H groups in total. The lowest BCUT2D eigenvalue weighted by molar-refractivity contribution is -0.116. The third kappa shape index (κ3) is 1.69. The van der Waals surface area contributed by atoms with E-state index >= 15 is 0 Å². The van der Waals surface area contributed by atoms with Gasteiger partial charge in [0.15, 0.2) is 0 Å². The molecule has 0 saturated carbocycles. The number of para-hydroxylation sites is 1. The number of rotatable bonds is 0. The van der Waals surface area contributed by atoms with Crippen LogP contribution >= 0.6 is 0 Å². The van der Waals surface area contributed by atoms with Crippen molar-refractivity contribution in [1.82, 2.24) is 0 Å². The van der Waals surface area contributed by atoms with Gasteiger partial charge in [-0.05, 0) is 12.1 Å². The van der Waals surface area contributed by atoms with Crippen molar-refractivity contribution in [2.75, 3.05) is 6.54 Å². The van der Waals surface area contributed by atoms with Gasteiger partial charge < -0.3 is 0 Å². The first-order valence-corrected chi connectivity index (χ1v) is 4.03. The van der Waals surface area contributed by atoms with E-state index in [-0.39, 0.29) is 12.5 Å². The van der Waals surface area contributed by atoms with Crippen molar-refractivity contribution in [3.8, 4) is 0 Å². The van der Waals surface area contributed by atoms with Crippen molar-refractivity contribution in [3.05, 3.63) is 34.8 Å². The number of fused-ring (bicyclic) bond motifs is 1. The number of carbonyl (C=O) groups excluding carboxylic acids is 1. The second kappa shape index (κ2) is 3.31. The summed E-state index contributed by atoms with van der Waals surface area (Å²) in [6.07, 6.45) is 3.31. The molecule has 1 amide bonds. The average Bonchev–Trinajstić information content (AvgIpc) is 2.13. The highest BCUT2D eigenvalue weighted by atomic mass is 16.1. The number of hydrogen-bond donors (Lipinski definition) is 0. The Kier molecular flexibility index (Phi) is 2.00. The van der Waals surface area contributed by atoms with Crippen molar-refractivity contribution in [2.24, 2.45) is 9.98 Å². The fourth-order valence-corrected chi connectivity index (χ4v) is 1.17. The summed E-state index contributed by atoms with van der Waals surface area (Å²) in [6, 6.07) is 7.67. The molecule has 1 aliphatic rings. The minimum Gasteiger partial charge on any atom is -0.275 e. The molecule has 2 rings (SSSR count). The molecule has 0 unspecified atom stereocenters. The van der Waals surface area contributed by atoms with Crippen LogP contribution in [-0.2, 0) is 4.79 Å². The van der Waals surface area contributed by atoms with E-state index < -0.39 is 0 Å². The van der Waals surface area contributed by atoms with Gasteiger partial charge in [-0.1, -0.05) is 18.2 Å². The van der Waals surface area contributed by atoms with Crippen molar-refractivity contribution in [2.45, 2.75) is 0 Å². The molecule has 0 saturated heterocycles. The first kappa shape index (κ1) is 7.86. The Morgan fingerprint density at radius 3 is 3.00 bits per heavy atom. The maximum atomic E-state index is 10.9. The van der Waals surface area contributed by atoms with Crippen LogP contribution in [0.15, 0.2) is 34.3 Å². The molecule has 1 heterocycles. The monoisotopic (exact) mass is 172 g/mol. The Balaban J connectivity index is 2.69. The molecule has 64 valence electrons. The van der Waals surface area contributed by atoms with E-state index in [9.17, 15) is 4.79 Å². The summed E-state index contributed by atoms with van der Waals surface area (Å²) < 4.78 is 0. The minimum atomic E-state index is -0.203. The molecular weight excluding hydrogens is 164 g/mol. The Bertz CT molecular complexity index is 474. The van der Waals surface area contributed by atoms with Crippen LogP contribution in [0.1, 0.15) is 0 Å².